The van der Waals surface area contributed by atoms with Gasteiger partial charge in [0.05, 0.1) is 11.1 Å². The fourth-order valence-electron chi connectivity index (χ4n) is 3.50. The van der Waals surface area contributed by atoms with Crippen LogP contribution in [-0.2, 0) is 22.4 Å². The number of nitrogens with one attached hydrogen (secondary N) is 1. The SMILES string of the molecule is CC(C)CNC(=O)[C@@H](C)OC(=O)c1c2c(nc3ccccc13)CCCCC2. The molecule has 2 aromatic rings. The summed E-state index contributed by atoms with van der Waals surface area (Å²) in [5.74, 6) is -0.350. The number of aryl methyl sites for hydroxylation is 1. The van der Waals surface area contributed by atoms with Crippen LogP contribution < -0.4 is 5.32 Å². The maximum atomic E-state index is 13.1. The van der Waals surface area contributed by atoms with Gasteiger partial charge in [0.15, 0.2) is 6.10 Å². The summed E-state index contributed by atoms with van der Waals surface area (Å²) in [5, 5.41) is 3.62. The molecule has 1 aliphatic rings. The van der Waals surface area contributed by atoms with Gasteiger partial charge in [-0.1, -0.05) is 38.5 Å². The lowest BCUT2D eigenvalue weighted by Crippen LogP contribution is -2.37. The fraction of sp³-hybridized carbons (Fsp3) is 0.500. The van der Waals surface area contributed by atoms with Gasteiger partial charge in [0.25, 0.3) is 5.91 Å². The number of nitrogens with zero attached hydrogens (tertiary/aromatic N) is 1. The maximum Gasteiger partial charge on any atom is 0.339 e. The minimum atomic E-state index is -0.829. The van der Waals surface area contributed by atoms with E-state index in [9.17, 15) is 9.59 Å². The van der Waals surface area contributed by atoms with Crippen LogP contribution in [0.25, 0.3) is 10.9 Å². The third kappa shape index (κ3) is 4.46. The highest BCUT2D eigenvalue weighted by Crippen LogP contribution is 2.29. The van der Waals surface area contributed by atoms with E-state index in [1.54, 1.807) is 6.92 Å². The van der Waals surface area contributed by atoms with Gasteiger partial charge in [0.1, 0.15) is 0 Å². The van der Waals surface area contributed by atoms with Gasteiger partial charge in [-0.05, 0) is 50.2 Å². The topological polar surface area (TPSA) is 68.3 Å². The van der Waals surface area contributed by atoms with Gasteiger partial charge in [-0.2, -0.15) is 0 Å². The molecule has 3 rings (SSSR count). The highest BCUT2D eigenvalue weighted by Gasteiger charge is 2.26. The van der Waals surface area contributed by atoms with Crippen LogP contribution in [0.5, 0.6) is 0 Å². The Kier molecular flexibility index (Phi) is 6.09. The number of benzene rings is 1. The lowest BCUT2D eigenvalue weighted by molar-refractivity contribution is -0.129. The van der Waals surface area contributed by atoms with Crippen LogP contribution in [0.1, 0.15) is 61.6 Å². The average Bonchev–Trinajstić information content (AvgIpc) is 2.88. The van der Waals surface area contributed by atoms with Crippen LogP contribution in [-0.4, -0.2) is 29.5 Å². The minimum Gasteiger partial charge on any atom is -0.449 e. The molecule has 1 heterocycles. The number of fused-ring (bicyclic) bond motifs is 2. The summed E-state index contributed by atoms with van der Waals surface area (Å²) < 4.78 is 5.57. The van der Waals surface area contributed by atoms with Gasteiger partial charge in [0, 0.05) is 17.6 Å². The normalized spacial score (nSPS) is 15.1. The summed E-state index contributed by atoms with van der Waals surface area (Å²) in [7, 11) is 0. The number of carbonyl (C=O) groups excluding carboxylic acids is 2. The van der Waals surface area contributed by atoms with E-state index in [1.807, 2.05) is 38.1 Å². The molecule has 0 saturated heterocycles. The van der Waals surface area contributed by atoms with E-state index in [1.165, 1.54) is 0 Å². The molecule has 0 saturated carbocycles. The summed E-state index contributed by atoms with van der Waals surface area (Å²) in [6.07, 6.45) is 4.13. The number of carbonyl (C=O) groups is 2. The third-order valence-corrected chi connectivity index (χ3v) is 4.96. The molecule has 0 unspecified atom stereocenters. The Balaban J connectivity index is 1.91. The lowest BCUT2D eigenvalue weighted by atomic mass is 9.97. The second-order valence-electron chi connectivity index (χ2n) is 7.68. The molecule has 0 radical (unpaired) electrons. The highest BCUT2D eigenvalue weighted by atomic mass is 16.5. The van der Waals surface area contributed by atoms with Gasteiger partial charge in [-0.3, -0.25) is 9.78 Å². The van der Waals surface area contributed by atoms with Crippen molar-refractivity contribution in [3.63, 3.8) is 0 Å². The number of para-hydroxylation sites is 1. The Bertz CT molecular complexity index is 845. The Hall–Kier alpha value is -2.43. The molecule has 1 aliphatic carbocycles. The molecule has 5 heteroatoms. The monoisotopic (exact) mass is 368 g/mol. The van der Waals surface area contributed by atoms with Gasteiger partial charge in [-0.25, -0.2) is 4.79 Å². The number of rotatable bonds is 5. The van der Waals surface area contributed by atoms with Crippen molar-refractivity contribution in [2.24, 2.45) is 5.92 Å². The molecule has 1 amide bonds. The smallest absolute Gasteiger partial charge is 0.339 e. The molecule has 27 heavy (non-hydrogen) atoms. The van der Waals surface area contributed by atoms with Crippen LogP contribution in [0, 0.1) is 5.92 Å². The summed E-state index contributed by atoms with van der Waals surface area (Å²) in [6.45, 7) is 6.23. The van der Waals surface area contributed by atoms with E-state index in [4.69, 9.17) is 9.72 Å². The molecule has 0 bridgehead atoms. The molecule has 0 spiro atoms. The van der Waals surface area contributed by atoms with Crippen molar-refractivity contribution in [1.29, 1.82) is 0 Å². The molecule has 0 aliphatic heterocycles. The number of aromatic nitrogens is 1. The van der Waals surface area contributed by atoms with Crippen molar-refractivity contribution in [2.75, 3.05) is 6.54 Å². The van der Waals surface area contributed by atoms with Gasteiger partial charge in [-0.15, -0.1) is 0 Å². The number of pyridine rings is 1. The second kappa shape index (κ2) is 8.51. The Morgan fingerprint density at radius 2 is 1.85 bits per heavy atom. The predicted octanol–water partition coefficient (Wildman–Crippen LogP) is 3.82. The molecular weight excluding hydrogens is 340 g/mol. The van der Waals surface area contributed by atoms with E-state index in [2.05, 4.69) is 5.32 Å². The van der Waals surface area contributed by atoms with E-state index >= 15 is 0 Å². The molecule has 144 valence electrons. The van der Waals surface area contributed by atoms with E-state index in [0.29, 0.717) is 18.0 Å². The first kappa shape index (κ1) is 19.3. The van der Waals surface area contributed by atoms with Crippen molar-refractivity contribution >= 4 is 22.8 Å². The van der Waals surface area contributed by atoms with Crippen LogP contribution in [0.15, 0.2) is 24.3 Å². The Morgan fingerprint density at radius 3 is 2.63 bits per heavy atom. The second-order valence-corrected chi connectivity index (χ2v) is 7.68. The predicted molar refractivity (Wildman–Crippen MR) is 106 cm³/mol. The van der Waals surface area contributed by atoms with E-state index in [0.717, 1.165) is 54.3 Å². The molecule has 0 fully saturated rings. The summed E-state index contributed by atoms with van der Waals surface area (Å²) in [4.78, 5) is 30.1. The molecule has 5 nitrogen and oxygen atoms in total. The average molecular weight is 368 g/mol. The molecular formula is C22H28N2O3. The van der Waals surface area contributed by atoms with E-state index in [-0.39, 0.29) is 5.91 Å². The van der Waals surface area contributed by atoms with Gasteiger partial charge in [0.2, 0.25) is 0 Å². The van der Waals surface area contributed by atoms with Crippen LogP contribution in [0.2, 0.25) is 0 Å². The Labute approximate surface area is 160 Å². The molecule has 1 N–H and O–H groups in total. The largest absolute Gasteiger partial charge is 0.449 e. The Morgan fingerprint density at radius 1 is 1.11 bits per heavy atom. The van der Waals surface area contributed by atoms with Crippen molar-refractivity contribution in [3.8, 4) is 0 Å². The quantitative estimate of drug-likeness (QED) is 0.643. The van der Waals surface area contributed by atoms with Crippen molar-refractivity contribution in [2.45, 2.75) is 59.0 Å². The summed E-state index contributed by atoms with van der Waals surface area (Å²) in [5.41, 5.74) is 3.38. The molecule has 1 aromatic carbocycles. The number of esters is 1. The number of amides is 1. The zero-order chi connectivity index (χ0) is 19.4. The van der Waals surface area contributed by atoms with Crippen molar-refractivity contribution in [3.05, 3.63) is 41.1 Å². The zero-order valence-electron chi connectivity index (χ0n) is 16.4. The molecule has 1 atom stereocenters. The van der Waals surface area contributed by atoms with Crippen molar-refractivity contribution in [1.82, 2.24) is 10.3 Å². The minimum absolute atomic E-state index is 0.262. The fourth-order valence-corrected chi connectivity index (χ4v) is 3.50. The van der Waals surface area contributed by atoms with E-state index < -0.39 is 12.1 Å². The summed E-state index contributed by atoms with van der Waals surface area (Å²) in [6, 6.07) is 7.67. The maximum absolute atomic E-state index is 13.1. The van der Waals surface area contributed by atoms with Crippen LogP contribution in [0.4, 0.5) is 0 Å². The lowest BCUT2D eigenvalue weighted by Gasteiger charge is -2.18. The first-order valence-corrected chi connectivity index (χ1v) is 9.86. The van der Waals surface area contributed by atoms with Crippen molar-refractivity contribution < 1.29 is 14.3 Å². The number of ether oxygens (including phenoxy) is 1. The number of hydrogen-bond donors (Lipinski definition) is 1. The standard InChI is InChI=1S/C22H28N2O3/c1-14(2)13-23-21(25)15(3)27-22(26)20-16-9-5-4-6-11-18(16)24-19-12-8-7-10-17(19)20/h7-8,10,12,14-15H,4-6,9,11,13H2,1-3H3,(H,23,25)/t15-/m1/s1. The van der Waals surface area contributed by atoms with Crippen LogP contribution in [0.3, 0.4) is 0 Å². The highest BCUT2D eigenvalue weighted by molar-refractivity contribution is 6.05. The summed E-state index contributed by atoms with van der Waals surface area (Å²) >= 11 is 0. The van der Waals surface area contributed by atoms with Gasteiger partial charge >= 0.3 is 5.97 Å². The van der Waals surface area contributed by atoms with Gasteiger partial charge < -0.3 is 10.1 Å². The first-order valence-electron chi connectivity index (χ1n) is 9.86. The zero-order valence-corrected chi connectivity index (χ0v) is 16.4. The first-order chi connectivity index (χ1) is 13.0. The molecule has 1 aromatic heterocycles. The third-order valence-electron chi connectivity index (χ3n) is 4.96. The van der Waals surface area contributed by atoms with Crippen LogP contribution >= 0.6 is 0 Å². The number of hydrogen-bond acceptors (Lipinski definition) is 4.